The van der Waals surface area contributed by atoms with Gasteiger partial charge < -0.3 is 15.2 Å². The van der Waals surface area contributed by atoms with E-state index in [2.05, 4.69) is 0 Å². The lowest BCUT2D eigenvalue weighted by Crippen LogP contribution is -2.45. The molecule has 0 saturated carbocycles. The second kappa shape index (κ2) is 6.80. The molecule has 0 radical (unpaired) electrons. The van der Waals surface area contributed by atoms with E-state index in [0.717, 1.165) is 12.8 Å². The lowest BCUT2D eigenvalue weighted by Gasteiger charge is -2.27. The fraction of sp³-hybridized carbons (Fsp3) is 0.909. The van der Waals surface area contributed by atoms with Crippen molar-refractivity contribution in [1.82, 2.24) is 0 Å². The van der Waals surface area contributed by atoms with E-state index >= 15 is 0 Å². The molecular weight excluding hydrogens is 194 g/mol. The van der Waals surface area contributed by atoms with Crippen molar-refractivity contribution in [3.05, 3.63) is 0 Å². The number of ether oxygens (including phenoxy) is 2. The van der Waals surface area contributed by atoms with Crippen molar-refractivity contribution < 1.29 is 14.3 Å². The fourth-order valence-corrected chi connectivity index (χ4v) is 1.07. The van der Waals surface area contributed by atoms with Gasteiger partial charge in [-0.25, -0.2) is 4.79 Å². The van der Waals surface area contributed by atoms with Gasteiger partial charge in [0.2, 0.25) is 0 Å². The van der Waals surface area contributed by atoms with Crippen LogP contribution < -0.4 is 5.73 Å². The van der Waals surface area contributed by atoms with Crippen molar-refractivity contribution in [2.45, 2.75) is 52.2 Å². The molecule has 0 aromatic carbocycles. The minimum atomic E-state index is -0.536. The minimum absolute atomic E-state index is 0.327. The predicted octanol–water partition coefficient (Wildman–Crippen LogP) is 1.47. The highest BCUT2D eigenvalue weighted by atomic mass is 16.6. The van der Waals surface area contributed by atoms with Crippen molar-refractivity contribution >= 4 is 5.97 Å². The first-order valence-electron chi connectivity index (χ1n) is 5.56. The van der Waals surface area contributed by atoms with Crippen molar-refractivity contribution in [1.29, 1.82) is 0 Å². The first-order chi connectivity index (χ1) is 6.99. The molecule has 0 fully saturated rings. The molecule has 4 nitrogen and oxygen atoms in total. The molecule has 0 rings (SSSR count). The van der Waals surface area contributed by atoms with E-state index in [9.17, 15) is 4.79 Å². The molecule has 4 heteroatoms. The van der Waals surface area contributed by atoms with Crippen molar-refractivity contribution in [3.8, 4) is 0 Å². The molecule has 90 valence electrons. The Morgan fingerprint density at radius 2 is 1.87 bits per heavy atom. The van der Waals surface area contributed by atoms with E-state index in [1.165, 1.54) is 0 Å². The van der Waals surface area contributed by atoms with Gasteiger partial charge in [0.1, 0.15) is 0 Å². The Morgan fingerprint density at radius 1 is 1.33 bits per heavy atom. The smallest absolute Gasteiger partial charge is 0.334 e. The number of hydrogen-bond acceptors (Lipinski definition) is 4. The van der Waals surface area contributed by atoms with Crippen LogP contribution in [0.5, 0.6) is 0 Å². The zero-order valence-electron chi connectivity index (χ0n) is 10.2. The van der Waals surface area contributed by atoms with Gasteiger partial charge in [-0.05, 0) is 26.7 Å². The highest BCUT2D eigenvalue weighted by Gasteiger charge is 2.24. The SMILES string of the molecule is CCOC(=O)C(C)OCC(N)(CC)CC. The van der Waals surface area contributed by atoms with Crippen LogP contribution in [0, 0.1) is 0 Å². The Kier molecular flexibility index (Phi) is 6.52. The van der Waals surface area contributed by atoms with Gasteiger partial charge in [0.15, 0.2) is 6.10 Å². The van der Waals surface area contributed by atoms with Gasteiger partial charge in [0.25, 0.3) is 0 Å². The van der Waals surface area contributed by atoms with Crippen LogP contribution in [0.25, 0.3) is 0 Å². The third-order valence-corrected chi connectivity index (χ3v) is 2.65. The zero-order chi connectivity index (χ0) is 11.9. The third-order valence-electron chi connectivity index (χ3n) is 2.65. The van der Waals surface area contributed by atoms with Crippen LogP contribution in [0.4, 0.5) is 0 Å². The van der Waals surface area contributed by atoms with E-state index in [4.69, 9.17) is 15.2 Å². The molecule has 0 bridgehead atoms. The van der Waals surface area contributed by atoms with Crippen LogP contribution in [0.1, 0.15) is 40.5 Å². The molecule has 0 aromatic heterocycles. The number of esters is 1. The molecule has 0 aliphatic carbocycles. The highest BCUT2D eigenvalue weighted by molar-refractivity contribution is 5.74. The van der Waals surface area contributed by atoms with E-state index in [-0.39, 0.29) is 11.5 Å². The standard InChI is InChI=1S/C11H23NO3/c1-5-11(12,6-2)8-15-9(4)10(13)14-7-3/h9H,5-8,12H2,1-4H3. The molecule has 0 aliphatic rings. The van der Waals surface area contributed by atoms with Gasteiger partial charge in [-0.2, -0.15) is 0 Å². The van der Waals surface area contributed by atoms with Crippen LogP contribution in [0.2, 0.25) is 0 Å². The summed E-state index contributed by atoms with van der Waals surface area (Å²) in [5.74, 6) is -0.327. The van der Waals surface area contributed by atoms with Crippen LogP contribution in [0.3, 0.4) is 0 Å². The molecular formula is C11H23NO3. The van der Waals surface area contributed by atoms with Gasteiger partial charge >= 0.3 is 5.97 Å². The molecule has 1 atom stereocenters. The van der Waals surface area contributed by atoms with Crippen LogP contribution >= 0.6 is 0 Å². The van der Waals surface area contributed by atoms with Gasteiger partial charge in [-0.1, -0.05) is 13.8 Å². The summed E-state index contributed by atoms with van der Waals surface area (Å²) in [5, 5.41) is 0. The van der Waals surface area contributed by atoms with E-state index < -0.39 is 6.10 Å². The van der Waals surface area contributed by atoms with E-state index in [1.54, 1.807) is 13.8 Å². The summed E-state index contributed by atoms with van der Waals surface area (Å²) in [7, 11) is 0. The fourth-order valence-electron chi connectivity index (χ4n) is 1.07. The Bertz CT molecular complexity index is 190. The van der Waals surface area contributed by atoms with E-state index in [1.807, 2.05) is 13.8 Å². The zero-order valence-corrected chi connectivity index (χ0v) is 10.2. The van der Waals surface area contributed by atoms with Crippen molar-refractivity contribution in [3.63, 3.8) is 0 Å². The summed E-state index contributed by atoms with van der Waals surface area (Å²) in [6.07, 6.45) is 1.13. The van der Waals surface area contributed by atoms with Crippen molar-refractivity contribution in [2.24, 2.45) is 5.73 Å². The first kappa shape index (κ1) is 14.4. The summed E-state index contributed by atoms with van der Waals surface area (Å²) >= 11 is 0. The van der Waals surface area contributed by atoms with Gasteiger partial charge in [-0.3, -0.25) is 0 Å². The summed E-state index contributed by atoms with van der Waals surface area (Å²) in [6.45, 7) is 8.26. The Balaban J connectivity index is 3.98. The normalized spacial score (nSPS) is 13.7. The number of carbonyl (C=O) groups excluding carboxylic acids is 1. The molecule has 1 unspecified atom stereocenters. The Morgan fingerprint density at radius 3 is 2.27 bits per heavy atom. The number of carbonyl (C=O) groups is 1. The molecule has 0 saturated heterocycles. The summed E-state index contributed by atoms with van der Waals surface area (Å²) in [6, 6.07) is 0. The number of rotatable bonds is 7. The minimum Gasteiger partial charge on any atom is -0.464 e. The lowest BCUT2D eigenvalue weighted by atomic mass is 9.95. The lowest BCUT2D eigenvalue weighted by molar-refractivity contribution is -0.156. The van der Waals surface area contributed by atoms with Crippen molar-refractivity contribution in [2.75, 3.05) is 13.2 Å². The average Bonchev–Trinajstić information content (AvgIpc) is 2.25. The maximum atomic E-state index is 11.2. The second-order valence-electron chi connectivity index (χ2n) is 3.77. The third kappa shape index (κ3) is 5.14. The quantitative estimate of drug-likeness (QED) is 0.656. The molecule has 15 heavy (non-hydrogen) atoms. The maximum Gasteiger partial charge on any atom is 0.334 e. The van der Waals surface area contributed by atoms with Gasteiger partial charge in [0, 0.05) is 5.54 Å². The predicted molar refractivity (Wildman–Crippen MR) is 59.5 cm³/mol. The van der Waals surface area contributed by atoms with Crippen LogP contribution in [0.15, 0.2) is 0 Å². The Labute approximate surface area is 92.1 Å². The molecule has 2 N–H and O–H groups in total. The summed E-state index contributed by atoms with van der Waals surface area (Å²) < 4.78 is 10.2. The summed E-state index contributed by atoms with van der Waals surface area (Å²) in [5.41, 5.74) is 5.71. The topological polar surface area (TPSA) is 61.5 Å². The van der Waals surface area contributed by atoms with Crippen LogP contribution in [-0.2, 0) is 14.3 Å². The van der Waals surface area contributed by atoms with Crippen LogP contribution in [-0.4, -0.2) is 30.8 Å². The summed E-state index contributed by atoms with van der Waals surface area (Å²) in [4.78, 5) is 11.2. The molecule has 0 aromatic rings. The Hall–Kier alpha value is -0.610. The maximum absolute atomic E-state index is 11.2. The number of nitrogens with two attached hydrogens (primary N) is 1. The monoisotopic (exact) mass is 217 g/mol. The van der Waals surface area contributed by atoms with Gasteiger partial charge in [0.05, 0.1) is 13.2 Å². The van der Waals surface area contributed by atoms with Gasteiger partial charge in [-0.15, -0.1) is 0 Å². The molecule has 0 amide bonds. The number of hydrogen-bond donors (Lipinski definition) is 1. The highest BCUT2D eigenvalue weighted by Crippen LogP contribution is 2.12. The molecule has 0 heterocycles. The first-order valence-corrected chi connectivity index (χ1v) is 5.56. The average molecular weight is 217 g/mol. The second-order valence-corrected chi connectivity index (χ2v) is 3.77. The molecule has 0 spiro atoms. The molecule has 0 aliphatic heterocycles. The van der Waals surface area contributed by atoms with E-state index in [0.29, 0.717) is 13.2 Å². The largest absolute Gasteiger partial charge is 0.464 e.